The lowest BCUT2D eigenvalue weighted by Gasteiger charge is -2.27. The number of anilines is 1. The molecule has 6 nitrogen and oxygen atoms in total. The Kier molecular flexibility index (Phi) is 5.20. The highest BCUT2D eigenvalue weighted by Gasteiger charge is 2.29. The first kappa shape index (κ1) is 18.7. The Bertz CT molecular complexity index is 946. The van der Waals surface area contributed by atoms with Crippen molar-refractivity contribution >= 4 is 32.8 Å². The van der Waals surface area contributed by atoms with E-state index in [9.17, 15) is 18.5 Å². The highest BCUT2D eigenvalue weighted by molar-refractivity contribution is 7.90. The maximum absolute atomic E-state index is 12.0. The number of benzene rings is 2. The monoisotopic (exact) mass is 394 g/mol. The summed E-state index contributed by atoms with van der Waals surface area (Å²) in [6, 6.07) is 12.1. The van der Waals surface area contributed by atoms with Gasteiger partial charge >= 0.3 is 0 Å². The van der Waals surface area contributed by atoms with Crippen molar-refractivity contribution in [3.8, 4) is 0 Å². The van der Waals surface area contributed by atoms with Crippen LogP contribution in [-0.4, -0.2) is 32.2 Å². The van der Waals surface area contributed by atoms with Crippen molar-refractivity contribution in [2.75, 3.05) is 17.7 Å². The summed E-state index contributed by atoms with van der Waals surface area (Å²) in [5, 5.41) is 11.9. The molecule has 0 radical (unpaired) electrons. The summed E-state index contributed by atoms with van der Waals surface area (Å²) < 4.78 is 24.0. The molecule has 1 aliphatic rings. The van der Waals surface area contributed by atoms with Gasteiger partial charge in [0.2, 0.25) is 0 Å². The second kappa shape index (κ2) is 7.25. The predicted octanol–water partition coefficient (Wildman–Crippen LogP) is 3.86. The Morgan fingerprint density at radius 3 is 2.65 bits per heavy atom. The van der Waals surface area contributed by atoms with Crippen molar-refractivity contribution in [2.45, 2.75) is 30.2 Å². The zero-order chi connectivity index (χ0) is 18.9. The van der Waals surface area contributed by atoms with Crippen LogP contribution in [-0.2, 0) is 16.3 Å². The van der Waals surface area contributed by atoms with Crippen LogP contribution < -0.4 is 4.90 Å². The lowest BCUT2D eigenvalue weighted by atomic mass is 10.0. The van der Waals surface area contributed by atoms with E-state index in [1.54, 1.807) is 6.07 Å². The molecule has 0 saturated carbocycles. The van der Waals surface area contributed by atoms with E-state index in [4.69, 9.17) is 11.6 Å². The molecule has 2 aromatic carbocycles. The lowest BCUT2D eigenvalue weighted by Crippen LogP contribution is -2.31. The number of rotatable bonds is 5. The van der Waals surface area contributed by atoms with Gasteiger partial charge in [0, 0.05) is 35.6 Å². The van der Waals surface area contributed by atoms with E-state index >= 15 is 0 Å². The highest BCUT2D eigenvalue weighted by Crippen LogP contribution is 2.34. The van der Waals surface area contributed by atoms with Crippen molar-refractivity contribution in [1.82, 2.24) is 0 Å². The maximum atomic E-state index is 12.0. The fourth-order valence-electron chi connectivity index (χ4n) is 3.43. The van der Waals surface area contributed by atoms with Crippen LogP contribution >= 0.6 is 11.6 Å². The first-order valence-corrected chi connectivity index (χ1v) is 10.5. The van der Waals surface area contributed by atoms with E-state index in [0.29, 0.717) is 10.7 Å². The molecule has 26 heavy (non-hydrogen) atoms. The van der Waals surface area contributed by atoms with Crippen LogP contribution in [0.5, 0.6) is 0 Å². The summed E-state index contributed by atoms with van der Waals surface area (Å²) in [6.45, 7) is 0.774. The Hall–Kier alpha value is -2.12. The van der Waals surface area contributed by atoms with Crippen LogP contribution in [0.4, 0.5) is 11.4 Å². The van der Waals surface area contributed by atoms with Gasteiger partial charge in [-0.05, 0) is 43.0 Å². The average molecular weight is 395 g/mol. The summed E-state index contributed by atoms with van der Waals surface area (Å²) in [5.41, 5.74) is 1.33. The SMILES string of the molecule is CS(=O)(=O)c1cc(N2CCCC2Cc2ccccc2Cl)ccc1[N+](=O)[O-]. The van der Waals surface area contributed by atoms with Crippen molar-refractivity contribution in [3.63, 3.8) is 0 Å². The molecule has 0 bridgehead atoms. The Morgan fingerprint density at radius 2 is 2.00 bits per heavy atom. The molecule has 1 heterocycles. The third-order valence-corrected chi connectivity index (χ3v) is 6.16. The lowest BCUT2D eigenvalue weighted by molar-refractivity contribution is -0.387. The minimum absolute atomic E-state index is 0.170. The molecule has 2 aromatic rings. The molecule has 0 spiro atoms. The molecule has 1 fully saturated rings. The number of nitro benzene ring substituents is 1. The Morgan fingerprint density at radius 1 is 1.27 bits per heavy atom. The summed E-state index contributed by atoms with van der Waals surface area (Å²) in [7, 11) is -3.70. The van der Waals surface area contributed by atoms with Gasteiger partial charge in [0.25, 0.3) is 5.69 Å². The molecule has 1 saturated heterocycles. The Balaban J connectivity index is 1.95. The second-order valence-corrected chi connectivity index (χ2v) is 8.86. The van der Waals surface area contributed by atoms with Gasteiger partial charge in [-0.3, -0.25) is 10.1 Å². The van der Waals surface area contributed by atoms with E-state index in [2.05, 4.69) is 4.90 Å². The summed E-state index contributed by atoms with van der Waals surface area (Å²) >= 11 is 6.26. The smallest absolute Gasteiger partial charge is 0.288 e. The van der Waals surface area contributed by atoms with E-state index in [1.807, 2.05) is 24.3 Å². The number of hydrogen-bond donors (Lipinski definition) is 0. The molecule has 1 atom stereocenters. The van der Waals surface area contributed by atoms with Gasteiger partial charge < -0.3 is 4.90 Å². The average Bonchev–Trinajstić information content (AvgIpc) is 3.03. The quantitative estimate of drug-likeness (QED) is 0.568. The summed E-state index contributed by atoms with van der Waals surface area (Å²) in [6.07, 6.45) is 3.66. The standard InChI is InChI=1S/C18H19ClN2O4S/c1-26(24,25)18-12-15(8-9-17(18)21(22)23)20-10-4-6-14(20)11-13-5-2-3-7-16(13)19/h2-3,5,7-9,12,14H,4,6,10-11H2,1H3. The van der Waals surface area contributed by atoms with Gasteiger partial charge in [0.05, 0.1) is 4.92 Å². The highest BCUT2D eigenvalue weighted by atomic mass is 35.5. The van der Waals surface area contributed by atoms with Gasteiger partial charge in [-0.1, -0.05) is 29.8 Å². The minimum Gasteiger partial charge on any atom is -0.368 e. The molecule has 8 heteroatoms. The minimum atomic E-state index is -3.70. The van der Waals surface area contributed by atoms with Crippen LogP contribution in [0.25, 0.3) is 0 Å². The van der Waals surface area contributed by atoms with Gasteiger partial charge in [-0.25, -0.2) is 8.42 Å². The third-order valence-electron chi connectivity index (χ3n) is 4.66. The molecule has 0 N–H and O–H groups in total. The molecule has 0 amide bonds. The van der Waals surface area contributed by atoms with Crippen LogP contribution in [0, 0.1) is 10.1 Å². The first-order valence-electron chi connectivity index (χ1n) is 8.26. The van der Waals surface area contributed by atoms with E-state index in [-0.39, 0.29) is 10.9 Å². The first-order chi connectivity index (χ1) is 12.3. The molecule has 1 aliphatic heterocycles. The molecule has 138 valence electrons. The van der Waals surface area contributed by atoms with Crippen molar-refractivity contribution < 1.29 is 13.3 Å². The van der Waals surface area contributed by atoms with Gasteiger partial charge in [-0.2, -0.15) is 0 Å². The summed E-state index contributed by atoms with van der Waals surface area (Å²) in [4.78, 5) is 12.4. The number of nitro groups is 1. The van der Waals surface area contributed by atoms with Gasteiger partial charge in [0.1, 0.15) is 4.90 Å². The van der Waals surface area contributed by atoms with E-state index in [0.717, 1.165) is 37.6 Å². The number of nitrogens with zero attached hydrogens (tertiary/aromatic N) is 2. The van der Waals surface area contributed by atoms with Gasteiger partial charge in [-0.15, -0.1) is 0 Å². The second-order valence-electron chi connectivity index (χ2n) is 6.47. The zero-order valence-corrected chi connectivity index (χ0v) is 15.8. The molecule has 1 unspecified atom stereocenters. The van der Waals surface area contributed by atoms with Gasteiger partial charge in [0.15, 0.2) is 9.84 Å². The maximum Gasteiger partial charge on any atom is 0.288 e. The fraction of sp³-hybridized carbons (Fsp3) is 0.333. The zero-order valence-electron chi connectivity index (χ0n) is 14.3. The summed E-state index contributed by atoms with van der Waals surface area (Å²) in [5.74, 6) is 0. The van der Waals surface area contributed by atoms with Crippen molar-refractivity contribution in [1.29, 1.82) is 0 Å². The number of halogens is 1. The molecule has 3 rings (SSSR count). The normalized spacial score (nSPS) is 17.5. The topological polar surface area (TPSA) is 80.5 Å². The van der Waals surface area contributed by atoms with E-state index < -0.39 is 20.4 Å². The number of sulfone groups is 1. The molecule has 0 aromatic heterocycles. The molecular formula is C18H19ClN2O4S. The van der Waals surface area contributed by atoms with Crippen LogP contribution in [0.1, 0.15) is 18.4 Å². The largest absolute Gasteiger partial charge is 0.368 e. The van der Waals surface area contributed by atoms with E-state index in [1.165, 1.54) is 12.1 Å². The number of hydrogen-bond acceptors (Lipinski definition) is 5. The van der Waals surface area contributed by atoms with Crippen molar-refractivity contribution in [3.05, 3.63) is 63.2 Å². The molecule has 0 aliphatic carbocycles. The third kappa shape index (κ3) is 3.83. The fourth-order valence-corrected chi connectivity index (χ4v) is 4.51. The van der Waals surface area contributed by atoms with Crippen LogP contribution in [0.15, 0.2) is 47.4 Å². The molecular weight excluding hydrogens is 376 g/mol. The van der Waals surface area contributed by atoms with Crippen LogP contribution in [0.3, 0.4) is 0 Å². The van der Waals surface area contributed by atoms with Crippen LogP contribution in [0.2, 0.25) is 5.02 Å². The Labute approximate surface area is 157 Å². The van der Waals surface area contributed by atoms with Crippen molar-refractivity contribution in [2.24, 2.45) is 0 Å². The predicted molar refractivity (Wildman–Crippen MR) is 102 cm³/mol.